The van der Waals surface area contributed by atoms with Crippen LogP contribution < -0.4 is 5.32 Å². The van der Waals surface area contributed by atoms with Gasteiger partial charge in [-0.25, -0.2) is 0 Å². The average molecular weight is 278 g/mol. The Hall–Kier alpha value is -1.46. The van der Waals surface area contributed by atoms with Crippen LogP contribution in [0.5, 0.6) is 0 Å². The molecule has 0 radical (unpaired) electrons. The minimum absolute atomic E-state index is 0.0368. The van der Waals surface area contributed by atoms with Crippen molar-refractivity contribution < 1.29 is 9.66 Å². The molecule has 5 nitrogen and oxygen atoms in total. The van der Waals surface area contributed by atoms with Crippen LogP contribution in [-0.2, 0) is 4.74 Å². The van der Waals surface area contributed by atoms with Gasteiger partial charge in [0.25, 0.3) is 5.69 Å². The highest BCUT2D eigenvalue weighted by molar-refractivity contribution is 5.43. The predicted octanol–water partition coefficient (Wildman–Crippen LogP) is 3.12. The number of nitro benzene ring substituents is 1. The van der Waals surface area contributed by atoms with E-state index in [-0.39, 0.29) is 22.3 Å². The van der Waals surface area contributed by atoms with Gasteiger partial charge in [-0.15, -0.1) is 0 Å². The van der Waals surface area contributed by atoms with E-state index >= 15 is 0 Å². The van der Waals surface area contributed by atoms with Crippen molar-refractivity contribution in [3.05, 3.63) is 39.4 Å². The van der Waals surface area contributed by atoms with Gasteiger partial charge >= 0.3 is 0 Å². The molecule has 0 spiro atoms. The highest BCUT2D eigenvalue weighted by atomic mass is 16.6. The topological polar surface area (TPSA) is 64.4 Å². The second kappa shape index (κ2) is 5.89. The fraction of sp³-hybridized carbons (Fsp3) is 0.600. The van der Waals surface area contributed by atoms with Gasteiger partial charge in [-0.05, 0) is 38.7 Å². The molecule has 0 heterocycles. The number of benzene rings is 1. The molecular formula is C15H22N2O3. The van der Waals surface area contributed by atoms with Crippen molar-refractivity contribution in [2.75, 3.05) is 13.7 Å². The monoisotopic (exact) mass is 278 g/mol. The third-order valence-corrected chi connectivity index (χ3v) is 4.36. The molecule has 0 amide bonds. The van der Waals surface area contributed by atoms with Gasteiger partial charge in [-0.2, -0.15) is 0 Å². The maximum absolute atomic E-state index is 11.0. The number of ether oxygens (including phenoxy) is 1. The molecule has 20 heavy (non-hydrogen) atoms. The summed E-state index contributed by atoms with van der Waals surface area (Å²) in [6.07, 6.45) is 3.37. The molecule has 1 saturated carbocycles. The number of nitrogens with zero attached hydrogens (tertiary/aromatic N) is 1. The first-order valence-corrected chi connectivity index (χ1v) is 7.01. The molecule has 1 aliphatic rings. The number of hydrogen-bond acceptors (Lipinski definition) is 4. The first kappa shape index (κ1) is 14.9. The number of hydrogen-bond donors (Lipinski definition) is 1. The van der Waals surface area contributed by atoms with Gasteiger partial charge in [0.15, 0.2) is 0 Å². The Kier molecular flexibility index (Phi) is 4.40. The molecule has 1 N–H and O–H groups in total. The molecule has 0 bridgehead atoms. The lowest BCUT2D eigenvalue weighted by molar-refractivity contribution is -0.385. The molecule has 1 atom stereocenters. The van der Waals surface area contributed by atoms with Crippen molar-refractivity contribution in [3.8, 4) is 0 Å². The highest BCUT2D eigenvalue weighted by Gasteiger charge is 2.36. The van der Waals surface area contributed by atoms with Crippen LogP contribution in [0.25, 0.3) is 0 Å². The summed E-state index contributed by atoms with van der Waals surface area (Å²) >= 11 is 0. The fourth-order valence-electron chi connectivity index (χ4n) is 2.57. The first-order chi connectivity index (χ1) is 9.47. The lowest BCUT2D eigenvalue weighted by Crippen LogP contribution is -2.48. The minimum Gasteiger partial charge on any atom is -0.377 e. The summed E-state index contributed by atoms with van der Waals surface area (Å²) in [6.45, 7) is 4.57. The number of nitro groups is 1. The minimum atomic E-state index is -0.325. The summed E-state index contributed by atoms with van der Waals surface area (Å²) in [7, 11) is 1.75. The summed E-state index contributed by atoms with van der Waals surface area (Å²) in [4.78, 5) is 10.7. The molecule has 1 fully saturated rings. The van der Waals surface area contributed by atoms with Crippen molar-refractivity contribution in [3.63, 3.8) is 0 Å². The fourth-order valence-corrected chi connectivity index (χ4v) is 2.57. The predicted molar refractivity (Wildman–Crippen MR) is 77.8 cm³/mol. The number of methoxy groups -OCH3 is 1. The van der Waals surface area contributed by atoms with E-state index in [2.05, 4.69) is 5.32 Å². The maximum atomic E-state index is 11.0. The first-order valence-electron chi connectivity index (χ1n) is 7.01. The van der Waals surface area contributed by atoms with Gasteiger partial charge in [0.1, 0.15) is 0 Å². The van der Waals surface area contributed by atoms with Gasteiger partial charge < -0.3 is 10.1 Å². The van der Waals surface area contributed by atoms with Crippen molar-refractivity contribution in [2.24, 2.45) is 0 Å². The number of aryl methyl sites for hydroxylation is 1. The molecule has 110 valence electrons. The standard InChI is InChI=1S/C15H22N2O3/c1-11-5-6-13(9-14(11)17(18)19)12(2)16-10-15(20-3)7-4-8-15/h5-6,9,12,16H,4,7-8,10H2,1-3H3. The van der Waals surface area contributed by atoms with Gasteiger partial charge in [-0.1, -0.05) is 12.1 Å². The summed E-state index contributed by atoms with van der Waals surface area (Å²) in [5, 5.41) is 14.4. The second-order valence-electron chi connectivity index (χ2n) is 5.65. The zero-order chi connectivity index (χ0) is 14.8. The quantitative estimate of drug-likeness (QED) is 0.641. The van der Waals surface area contributed by atoms with Crippen LogP contribution in [0.15, 0.2) is 18.2 Å². The lowest BCUT2D eigenvalue weighted by Gasteiger charge is -2.41. The van der Waals surface area contributed by atoms with Gasteiger partial charge in [-0.3, -0.25) is 10.1 Å². The third kappa shape index (κ3) is 2.99. The lowest BCUT2D eigenvalue weighted by atomic mass is 9.80. The van der Waals surface area contributed by atoms with E-state index in [9.17, 15) is 10.1 Å². The molecule has 1 unspecified atom stereocenters. The SMILES string of the molecule is COC1(CNC(C)c2ccc(C)c([N+](=O)[O-])c2)CCC1. The van der Waals surface area contributed by atoms with E-state index < -0.39 is 0 Å². The van der Waals surface area contributed by atoms with Crippen molar-refractivity contribution >= 4 is 5.69 Å². The van der Waals surface area contributed by atoms with E-state index in [0.717, 1.165) is 24.9 Å². The molecule has 1 aliphatic carbocycles. The Morgan fingerprint density at radius 2 is 2.20 bits per heavy atom. The summed E-state index contributed by atoms with van der Waals surface area (Å²) in [6, 6.07) is 5.48. The smallest absolute Gasteiger partial charge is 0.272 e. The van der Waals surface area contributed by atoms with E-state index in [4.69, 9.17) is 4.74 Å². The van der Waals surface area contributed by atoms with E-state index in [0.29, 0.717) is 5.56 Å². The summed E-state index contributed by atoms with van der Waals surface area (Å²) in [5.41, 5.74) is 1.78. The molecular weight excluding hydrogens is 256 g/mol. The van der Waals surface area contributed by atoms with Crippen molar-refractivity contribution in [2.45, 2.75) is 44.8 Å². The Morgan fingerprint density at radius 3 is 2.70 bits per heavy atom. The van der Waals surface area contributed by atoms with Crippen molar-refractivity contribution in [1.29, 1.82) is 0 Å². The zero-order valence-corrected chi connectivity index (χ0v) is 12.3. The normalized spacial score (nSPS) is 18.4. The van der Waals surface area contributed by atoms with Gasteiger partial charge in [0.2, 0.25) is 0 Å². The summed E-state index contributed by atoms with van der Waals surface area (Å²) < 4.78 is 5.57. The van der Waals surface area contributed by atoms with Crippen LogP contribution in [0.2, 0.25) is 0 Å². The molecule has 0 aromatic heterocycles. The maximum Gasteiger partial charge on any atom is 0.272 e. The van der Waals surface area contributed by atoms with Crippen LogP contribution in [0.1, 0.15) is 43.4 Å². The van der Waals surface area contributed by atoms with E-state index in [1.165, 1.54) is 6.42 Å². The molecule has 1 aromatic carbocycles. The van der Waals surface area contributed by atoms with Crippen LogP contribution in [0, 0.1) is 17.0 Å². The van der Waals surface area contributed by atoms with Crippen LogP contribution >= 0.6 is 0 Å². The molecule has 2 rings (SSSR count). The Balaban J connectivity index is 2.03. The largest absolute Gasteiger partial charge is 0.377 e. The van der Waals surface area contributed by atoms with E-state index in [1.54, 1.807) is 26.2 Å². The zero-order valence-electron chi connectivity index (χ0n) is 12.3. The highest BCUT2D eigenvalue weighted by Crippen LogP contribution is 2.35. The van der Waals surface area contributed by atoms with Gasteiger partial charge in [0, 0.05) is 31.3 Å². The van der Waals surface area contributed by atoms with Crippen LogP contribution in [-0.4, -0.2) is 24.2 Å². The molecule has 5 heteroatoms. The van der Waals surface area contributed by atoms with Crippen LogP contribution in [0.4, 0.5) is 5.69 Å². The Bertz CT molecular complexity index is 492. The van der Waals surface area contributed by atoms with Crippen molar-refractivity contribution in [1.82, 2.24) is 5.32 Å². The third-order valence-electron chi connectivity index (χ3n) is 4.36. The number of rotatable bonds is 6. The van der Waals surface area contributed by atoms with Crippen LogP contribution in [0.3, 0.4) is 0 Å². The average Bonchev–Trinajstić information content (AvgIpc) is 2.38. The second-order valence-corrected chi connectivity index (χ2v) is 5.65. The molecule has 0 aliphatic heterocycles. The Labute approximate surface area is 119 Å². The number of nitrogens with one attached hydrogen (secondary N) is 1. The van der Waals surface area contributed by atoms with Gasteiger partial charge in [0.05, 0.1) is 10.5 Å². The summed E-state index contributed by atoms with van der Waals surface area (Å²) in [5.74, 6) is 0. The molecule has 0 saturated heterocycles. The molecule has 1 aromatic rings. The van der Waals surface area contributed by atoms with E-state index in [1.807, 2.05) is 13.0 Å². The Morgan fingerprint density at radius 1 is 1.50 bits per heavy atom.